The Morgan fingerprint density at radius 2 is 2.22 bits per heavy atom. The molecule has 0 spiro atoms. The van der Waals surface area contributed by atoms with Gasteiger partial charge in [0.05, 0.1) is 23.7 Å². The largest absolute Gasteiger partial charge is 0.396 e. The Bertz CT molecular complexity index is 361. The molecule has 1 aromatic rings. The molecule has 0 aliphatic heterocycles. The van der Waals surface area contributed by atoms with Gasteiger partial charge < -0.3 is 15.1 Å². The van der Waals surface area contributed by atoms with Crippen LogP contribution in [0.25, 0.3) is 0 Å². The van der Waals surface area contributed by atoms with E-state index in [0.29, 0.717) is 11.7 Å². The van der Waals surface area contributed by atoms with Gasteiger partial charge in [0, 0.05) is 19.2 Å². The van der Waals surface area contributed by atoms with Crippen molar-refractivity contribution in [3.63, 3.8) is 0 Å². The van der Waals surface area contributed by atoms with Gasteiger partial charge in [0.25, 0.3) is 0 Å². The van der Waals surface area contributed by atoms with Gasteiger partial charge in [-0.1, -0.05) is 0 Å². The van der Waals surface area contributed by atoms with E-state index in [0.717, 1.165) is 18.7 Å². The van der Waals surface area contributed by atoms with Crippen LogP contribution in [0.4, 0.5) is 5.69 Å². The van der Waals surface area contributed by atoms with Crippen LogP contribution in [0.15, 0.2) is 18.3 Å². The molecule has 1 aromatic heterocycles. The molecule has 1 unspecified atom stereocenters. The number of aliphatic hydroxyl groups excluding tert-OH is 2. The second-order valence-electron chi connectivity index (χ2n) is 4.97. The number of aliphatic hydroxyl groups is 2. The molecule has 0 radical (unpaired) electrons. The molecule has 4 nitrogen and oxygen atoms in total. The van der Waals surface area contributed by atoms with Crippen molar-refractivity contribution in [3.05, 3.63) is 24.0 Å². The van der Waals surface area contributed by atoms with E-state index in [1.807, 2.05) is 18.3 Å². The molecule has 1 aliphatic carbocycles. The second kappa shape index (κ2) is 6.16. The Labute approximate surface area is 108 Å². The molecule has 0 aromatic carbocycles. The Morgan fingerprint density at radius 3 is 2.67 bits per heavy atom. The van der Waals surface area contributed by atoms with E-state index in [2.05, 4.69) is 9.88 Å². The van der Waals surface area contributed by atoms with Crippen LogP contribution in [0.3, 0.4) is 0 Å². The molecule has 1 saturated carbocycles. The van der Waals surface area contributed by atoms with Crippen LogP contribution in [0.2, 0.25) is 0 Å². The molecule has 1 fully saturated rings. The normalized spacial score (nSPS) is 17.3. The molecule has 4 heteroatoms. The minimum atomic E-state index is -0.520. The molecule has 100 valence electrons. The highest BCUT2D eigenvalue weighted by molar-refractivity contribution is 5.46. The number of hydrogen-bond donors (Lipinski definition) is 2. The summed E-state index contributed by atoms with van der Waals surface area (Å²) in [6.45, 7) is 2.82. The first-order chi connectivity index (χ1) is 8.72. The maximum atomic E-state index is 9.45. The number of nitrogens with zero attached hydrogens (tertiary/aromatic N) is 2. The van der Waals surface area contributed by atoms with Crippen LogP contribution < -0.4 is 4.90 Å². The molecule has 2 rings (SSSR count). The molecular formula is C14H22N2O2. The summed E-state index contributed by atoms with van der Waals surface area (Å²) in [5, 5.41) is 18.4. The Kier molecular flexibility index (Phi) is 4.55. The number of pyridine rings is 1. The fraction of sp³-hybridized carbons (Fsp3) is 0.643. The number of rotatable bonds is 6. The van der Waals surface area contributed by atoms with Gasteiger partial charge in [-0.15, -0.1) is 0 Å². The lowest BCUT2D eigenvalue weighted by atomic mass is 9.91. The van der Waals surface area contributed by atoms with Crippen LogP contribution in [-0.4, -0.2) is 34.4 Å². The van der Waals surface area contributed by atoms with Crippen molar-refractivity contribution in [1.29, 1.82) is 0 Å². The van der Waals surface area contributed by atoms with Crippen LogP contribution in [-0.2, 0) is 0 Å². The van der Waals surface area contributed by atoms with E-state index in [4.69, 9.17) is 5.11 Å². The van der Waals surface area contributed by atoms with Gasteiger partial charge >= 0.3 is 0 Å². The highest BCUT2D eigenvalue weighted by Crippen LogP contribution is 2.29. The van der Waals surface area contributed by atoms with Gasteiger partial charge in [0.1, 0.15) is 0 Å². The monoisotopic (exact) mass is 250 g/mol. The van der Waals surface area contributed by atoms with E-state index >= 15 is 0 Å². The summed E-state index contributed by atoms with van der Waals surface area (Å²) in [4.78, 5) is 6.63. The minimum Gasteiger partial charge on any atom is -0.396 e. The fourth-order valence-corrected chi connectivity index (χ4v) is 2.28. The van der Waals surface area contributed by atoms with E-state index in [-0.39, 0.29) is 6.61 Å². The SMILES string of the molecule is CC(O)c1ccc(N(CCCO)C2CCC2)cn1. The van der Waals surface area contributed by atoms with Gasteiger partial charge in [-0.05, 0) is 44.7 Å². The lowest BCUT2D eigenvalue weighted by molar-refractivity contribution is 0.194. The first-order valence-electron chi connectivity index (χ1n) is 6.74. The molecule has 1 heterocycles. The highest BCUT2D eigenvalue weighted by Gasteiger charge is 2.25. The van der Waals surface area contributed by atoms with Crippen LogP contribution in [0.5, 0.6) is 0 Å². The zero-order chi connectivity index (χ0) is 13.0. The molecule has 0 bridgehead atoms. The smallest absolute Gasteiger partial charge is 0.0931 e. The van der Waals surface area contributed by atoms with E-state index in [1.165, 1.54) is 19.3 Å². The van der Waals surface area contributed by atoms with Crippen LogP contribution in [0.1, 0.15) is 44.4 Å². The van der Waals surface area contributed by atoms with Crippen LogP contribution >= 0.6 is 0 Å². The van der Waals surface area contributed by atoms with Crippen molar-refractivity contribution in [1.82, 2.24) is 4.98 Å². The average Bonchev–Trinajstić information content (AvgIpc) is 2.32. The van der Waals surface area contributed by atoms with Gasteiger partial charge in [0.15, 0.2) is 0 Å². The standard InChI is InChI=1S/C14H22N2O2/c1-11(18)14-7-6-13(10-15-14)16(8-3-9-17)12-4-2-5-12/h6-7,10-12,17-18H,2-5,8-9H2,1H3. The predicted octanol–water partition coefficient (Wildman–Crippen LogP) is 1.88. The van der Waals surface area contributed by atoms with Crippen molar-refractivity contribution >= 4 is 5.69 Å². The quantitative estimate of drug-likeness (QED) is 0.809. The molecule has 0 saturated heterocycles. The fourth-order valence-electron chi connectivity index (χ4n) is 2.28. The summed E-state index contributed by atoms with van der Waals surface area (Å²) in [7, 11) is 0. The third-order valence-corrected chi connectivity index (χ3v) is 3.60. The third kappa shape index (κ3) is 3.00. The summed E-state index contributed by atoms with van der Waals surface area (Å²) >= 11 is 0. The summed E-state index contributed by atoms with van der Waals surface area (Å²) in [5.41, 5.74) is 1.80. The second-order valence-corrected chi connectivity index (χ2v) is 4.97. The number of anilines is 1. The Morgan fingerprint density at radius 1 is 1.44 bits per heavy atom. The summed E-state index contributed by atoms with van der Waals surface area (Å²) in [6, 6.07) is 4.49. The van der Waals surface area contributed by atoms with E-state index < -0.39 is 6.10 Å². The van der Waals surface area contributed by atoms with E-state index in [1.54, 1.807) is 6.92 Å². The molecule has 1 aliphatic rings. The number of hydrogen-bond acceptors (Lipinski definition) is 4. The first-order valence-corrected chi connectivity index (χ1v) is 6.74. The number of aromatic nitrogens is 1. The lowest BCUT2D eigenvalue weighted by Gasteiger charge is -2.39. The maximum absolute atomic E-state index is 9.45. The average molecular weight is 250 g/mol. The Balaban J connectivity index is 2.08. The zero-order valence-electron chi connectivity index (χ0n) is 10.9. The zero-order valence-corrected chi connectivity index (χ0v) is 10.9. The topological polar surface area (TPSA) is 56.6 Å². The van der Waals surface area contributed by atoms with Gasteiger partial charge in [-0.3, -0.25) is 4.98 Å². The van der Waals surface area contributed by atoms with Crippen molar-refractivity contribution in [2.45, 2.75) is 44.8 Å². The summed E-state index contributed by atoms with van der Waals surface area (Å²) < 4.78 is 0. The van der Waals surface area contributed by atoms with Gasteiger partial charge in [-0.25, -0.2) is 0 Å². The summed E-state index contributed by atoms with van der Waals surface area (Å²) in [5.74, 6) is 0. The van der Waals surface area contributed by atoms with Crippen LogP contribution in [0, 0.1) is 0 Å². The van der Waals surface area contributed by atoms with Crippen molar-refractivity contribution < 1.29 is 10.2 Å². The lowest BCUT2D eigenvalue weighted by Crippen LogP contribution is -2.41. The van der Waals surface area contributed by atoms with Crippen molar-refractivity contribution in [2.24, 2.45) is 0 Å². The molecule has 18 heavy (non-hydrogen) atoms. The van der Waals surface area contributed by atoms with Crippen molar-refractivity contribution in [2.75, 3.05) is 18.1 Å². The highest BCUT2D eigenvalue weighted by atomic mass is 16.3. The van der Waals surface area contributed by atoms with Crippen molar-refractivity contribution in [3.8, 4) is 0 Å². The third-order valence-electron chi connectivity index (χ3n) is 3.60. The first kappa shape index (κ1) is 13.3. The van der Waals surface area contributed by atoms with Gasteiger partial charge in [0.2, 0.25) is 0 Å². The minimum absolute atomic E-state index is 0.225. The molecule has 0 amide bonds. The van der Waals surface area contributed by atoms with E-state index in [9.17, 15) is 5.11 Å². The molecular weight excluding hydrogens is 228 g/mol. The maximum Gasteiger partial charge on any atom is 0.0931 e. The van der Waals surface area contributed by atoms with Gasteiger partial charge in [-0.2, -0.15) is 0 Å². The molecule has 1 atom stereocenters. The summed E-state index contributed by atoms with van der Waals surface area (Å²) in [6.07, 6.45) is 5.84. The molecule has 2 N–H and O–H groups in total. The predicted molar refractivity (Wildman–Crippen MR) is 71.6 cm³/mol. The Hall–Kier alpha value is -1.13.